The van der Waals surface area contributed by atoms with Gasteiger partial charge in [-0.25, -0.2) is 9.37 Å². The number of pyridine rings is 1. The van der Waals surface area contributed by atoms with Crippen LogP contribution >= 0.6 is 27.5 Å². The molecule has 0 atom stereocenters. The molecule has 0 spiro atoms. The number of aromatic nitrogens is 1. The van der Waals surface area contributed by atoms with E-state index in [0.717, 1.165) is 0 Å². The van der Waals surface area contributed by atoms with Gasteiger partial charge in [-0.3, -0.25) is 4.79 Å². The molecule has 6 heteroatoms. The molecule has 1 N–H and O–H groups in total. The summed E-state index contributed by atoms with van der Waals surface area (Å²) in [7, 11) is 0. The predicted molar refractivity (Wildman–Crippen MR) is 71.3 cm³/mol. The van der Waals surface area contributed by atoms with Gasteiger partial charge in [-0.15, -0.1) is 0 Å². The molecule has 2 rings (SSSR count). The van der Waals surface area contributed by atoms with Crippen LogP contribution in [0.3, 0.4) is 0 Å². The molecule has 92 valence electrons. The number of carbonyl (C=O) groups is 1. The fourth-order valence-electron chi connectivity index (χ4n) is 1.32. The molecule has 0 fully saturated rings. The van der Waals surface area contributed by atoms with Gasteiger partial charge in [0.1, 0.15) is 11.0 Å². The third kappa shape index (κ3) is 3.05. The second-order valence-corrected chi connectivity index (χ2v) is 4.69. The molecule has 0 bridgehead atoms. The highest BCUT2D eigenvalue weighted by Gasteiger charge is 2.08. The summed E-state index contributed by atoms with van der Waals surface area (Å²) >= 11 is 8.74. The number of carbonyl (C=O) groups excluding carboxylic acids is 1. The van der Waals surface area contributed by atoms with E-state index in [9.17, 15) is 9.18 Å². The van der Waals surface area contributed by atoms with Gasteiger partial charge in [0, 0.05) is 17.4 Å². The molecule has 2 aromatic rings. The van der Waals surface area contributed by atoms with Crippen molar-refractivity contribution in [2.24, 2.45) is 0 Å². The number of rotatable bonds is 2. The lowest BCUT2D eigenvalue weighted by Crippen LogP contribution is -2.12. The zero-order valence-corrected chi connectivity index (χ0v) is 11.3. The summed E-state index contributed by atoms with van der Waals surface area (Å²) in [5.41, 5.74) is 0.872. The van der Waals surface area contributed by atoms with Crippen LogP contribution < -0.4 is 5.32 Å². The summed E-state index contributed by atoms with van der Waals surface area (Å²) in [5, 5.41) is 2.87. The highest BCUT2D eigenvalue weighted by Crippen LogP contribution is 2.20. The molecule has 0 aliphatic carbocycles. The maximum atomic E-state index is 13.0. The Hall–Kier alpha value is -1.46. The number of amides is 1. The zero-order chi connectivity index (χ0) is 13.1. The fraction of sp³-hybridized carbons (Fsp3) is 0. The molecule has 0 unspecified atom stereocenters. The van der Waals surface area contributed by atoms with Gasteiger partial charge in [-0.05, 0) is 46.3 Å². The van der Waals surface area contributed by atoms with E-state index in [4.69, 9.17) is 11.6 Å². The van der Waals surface area contributed by atoms with Crippen LogP contribution in [-0.4, -0.2) is 10.9 Å². The van der Waals surface area contributed by atoms with Crippen LogP contribution in [0.2, 0.25) is 5.15 Å². The van der Waals surface area contributed by atoms with Gasteiger partial charge in [-0.2, -0.15) is 0 Å². The van der Waals surface area contributed by atoms with Crippen LogP contribution in [0.4, 0.5) is 10.1 Å². The van der Waals surface area contributed by atoms with Crippen LogP contribution in [0.5, 0.6) is 0 Å². The summed E-state index contributed by atoms with van der Waals surface area (Å²) < 4.78 is 13.3. The van der Waals surface area contributed by atoms with Crippen molar-refractivity contribution in [1.82, 2.24) is 4.98 Å². The van der Waals surface area contributed by atoms with Crippen molar-refractivity contribution in [3.05, 3.63) is 57.5 Å². The van der Waals surface area contributed by atoms with Crippen molar-refractivity contribution in [2.45, 2.75) is 0 Å². The first-order valence-corrected chi connectivity index (χ1v) is 6.11. The Bertz CT molecular complexity index is 606. The normalized spacial score (nSPS) is 10.2. The molecule has 3 nitrogen and oxygen atoms in total. The predicted octanol–water partition coefficient (Wildman–Crippen LogP) is 3.89. The standard InChI is InChI=1S/C12H7BrClFN2O/c13-9-6-8(1-2-10(9)15)17-12(18)7-3-4-16-11(14)5-7/h1-6H,(H,17,18). The van der Waals surface area contributed by atoms with Crippen molar-refractivity contribution in [3.8, 4) is 0 Å². The van der Waals surface area contributed by atoms with Crippen LogP contribution in [0.25, 0.3) is 0 Å². The maximum absolute atomic E-state index is 13.0. The molecule has 0 radical (unpaired) electrons. The lowest BCUT2D eigenvalue weighted by atomic mass is 10.2. The van der Waals surface area contributed by atoms with E-state index in [0.29, 0.717) is 11.3 Å². The molecule has 1 aromatic carbocycles. The van der Waals surface area contributed by atoms with E-state index < -0.39 is 0 Å². The Morgan fingerprint density at radius 2 is 2.11 bits per heavy atom. The number of hydrogen-bond donors (Lipinski definition) is 1. The number of nitrogens with one attached hydrogen (secondary N) is 1. The van der Waals surface area contributed by atoms with Crippen molar-refractivity contribution in [3.63, 3.8) is 0 Å². The number of nitrogens with zero attached hydrogens (tertiary/aromatic N) is 1. The Morgan fingerprint density at radius 3 is 2.78 bits per heavy atom. The van der Waals surface area contributed by atoms with Gasteiger partial charge in [0.05, 0.1) is 4.47 Å². The van der Waals surface area contributed by atoms with E-state index in [1.807, 2.05) is 0 Å². The number of anilines is 1. The first-order chi connectivity index (χ1) is 8.56. The van der Waals surface area contributed by atoms with Gasteiger partial charge in [0.25, 0.3) is 5.91 Å². The first kappa shape index (κ1) is 13.0. The molecule has 0 aliphatic heterocycles. The summed E-state index contributed by atoms with van der Waals surface area (Å²) in [4.78, 5) is 15.6. The molecule has 0 aliphatic rings. The van der Waals surface area contributed by atoms with E-state index in [1.54, 1.807) is 6.07 Å². The van der Waals surface area contributed by atoms with Crippen LogP contribution in [0.15, 0.2) is 41.0 Å². The monoisotopic (exact) mass is 328 g/mol. The van der Waals surface area contributed by atoms with E-state index in [2.05, 4.69) is 26.2 Å². The molecule has 1 aromatic heterocycles. The van der Waals surface area contributed by atoms with Gasteiger partial charge in [0.15, 0.2) is 0 Å². The molecular formula is C12H7BrClFN2O. The van der Waals surface area contributed by atoms with Gasteiger partial charge in [-0.1, -0.05) is 11.6 Å². The lowest BCUT2D eigenvalue weighted by molar-refractivity contribution is 0.102. The van der Waals surface area contributed by atoms with Crippen LogP contribution in [0.1, 0.15) is 10.4 Å². The Morgan fingerprint density at radius 1 is 1.33 bits per heavy atom. The molecule has 1 amide bonds. The summed E-state index contributed by atoms with van der Waals surface area (Å²) in [6.45, 7) is 0. The quantitative estimate of drug-likeness (QED) is 0.849. The van der Waals surface area contributed by atoms with E-state index in [-0.39, 0.29) is 21.4 Å². The average molecular weight is 330 g/mol. The Labute approximate surface area is 116 Å². The van der Waals surface area contributed by atoms with Gasteiger partial charge in [0.2, 0.25) is 0 Å². The van der Waals surface area contributed by atoms with Crippen molar-refractivity contribution < 1.29 is 9.18 Å². The first-order valence-electron chi connectivity index (χ1n) is 4.94. The minimum Gasteiger partial charge on any atom is -0.322 e. The van der Waals surface area contributed by atoms with Gasteiger partial charge < -0.3 is 5.32 Å². The van der Waals surface area contributed by atoms with Crippen LogP contribution in [-0.2, 0) is 0 Å². The Kier molecular flexibility index (Phi) is 3.93. The van der Waals surface area contributed by atoms with Crippen molar-refractivity contribution >= 4 is 39.1 Å². The zero-order valence-electron chi connectivity index (χ0n) is 8.95. The minimum atomic E-state index is -0.389. The van der Waals surface area contributed by atoms with E-state index >= 15 is 0 Å². The summed E-state index contributed by atoms with van der Waals surface area (Å²) in [6, 6.07) is 7.21. The molecule has 0 saturated carbocycles. The number of halogens is 3. The smallest absolute Gasteiger partial charge is 0.255 e. The van der Waals surface area contributed by atoms with Crippen LogP contribution in [0, 0.1) is 5.82 Å². The van der Waals surface area contributed by atoms with Gasteiger partial charge >= 0.3 is 0 Å². The Balaban J connectivity index is 2.18. The second-order valence-electron chi connectivity index (χ2n) is 3.45. The minimum absolute atomic E-state index is 0.239. The third-order valence-corrected chi connectivity index (χ3v) is 2.98. The lowest BCUT2D eigenvalue weighted by Gasteiger charge is -2.06. The van der Waals surface area contributed by atoms with Crippen molar-refractivity contribution in [2.75, 3.05) is 5.32 Å². The second kappa shape index (κ2) is 5.46. The SMILES string of the molecule is O=C(Nc1ccc(F)c(Br)c1)c1ccnc(Cl)c1. The number of benzene rings is 1. The molecule has 1 heterocycles. The highest BCUT2D eigenvalue weighted by atomic mass is 79.9. The summed E-state index contributed by atoms with van der Waals surface area (Å²) in [6.07, 6.45) is 1.44. The maximum Gasteiger partial charge on any atom is 0.255 e. The summed E-state index contributed by atoms with van der Waals surface area (Å²) in [5.74, 6) is -0.724. The number of hydrogen-bond acceptors (Lipinski definition) is 2. The fourth-order valence-corrected chi connectivity index (χ4v) is 1.87. The van der Waals surface area contributed by atoms with Crippen molar-refractivity contribution in [1.29, 1.82) is 0 Å². The molecular weight excluding hydrogens is 323 g/mol. The van der Waals surface area contributed by atoms with E-state index in [1.165, 1.54) is 30.5 Å². The third-order valence-electron chi connectivity index (χ3n) is 2.17. The average Bonchev–Trinajstić information content (AvgIpc) is 2.34. The highest BCUT2D eigenvalue weighted by molar-refractivity contribution is 9.10. The molecule has 18 heavy (non-hydrogen) atoms. The largest absolute Gasteiger partial charge is 0.322 e. The molecule has 0 saturated heterocycles. The topological polar surface area (TPSA) is 42.0 Å².